The minimum absolute atomic E-state index is 0.102. The molecule has 1 aromatic rings. The molecule has 0 aromatic heterocycles. The molecule has 8 heteroatoms. The number of rotatable bonds is 1. The minimum Gasteiger partial charge on any atom is -0.454 e. The van der Waals surface area contributed by atoms with E-state index < -0.39 is 21.2 Å². The van der Waals surface area contributed by atoms with Crippen LogP contribution in [0.2, 0.25) is 0 Å². The lowest BCUT2D eigenvalue weighted by Crippen LogP contribution is -2.60. The molecule has 4 aliphatic heterocycles. The summed E-state index contributed by atoms with van der Waals surface area (Å²) in [4.78, 5) is 27.6. The van der Waals surface area contributed by atoms with Crippen LogP contribution in [0.1, 0.15) is 31.9 Å². The summed E-state index contributed by atoms with van der Waals surface area (Å²) in [6, 6.07) is 7.34. The normalized spacial score (nSPS) is 39.5. The van der Waals surface area contributed by atoms with Crippen molar-refractivity contribution < 1.29 is 19.1 Å². The van der Waals surface area contributed by atoms with E-state index in [4.69, 9.17) is 9.47 Å². The van der Waals surface area contributed by atoms with E-state index in [0.29, 0.717) is 17.9 Å². The van der Waals surface area contributed by atoms with Crippen molar-refractivity contribution in [2.45, 2.75) is 36.1 Å². The van der Waals surface area contributed by atoms with Crippen LogP contribution in [0.25, 0.3) is 0 Å². The van der Waals surface area contributed by atoms with Crippen LogP contribution in [-0.4, -0.2) is 45.2 Å². The Labute approximate surface area is 154 Å². The van der Waals surface area contributed by atoms with Crippen LogP contribution in [0, 0.1) is 16.7 Å². The zero-order chi connectivity index (χ0) is 18.5. The fourth-order valence-corrected chi connectivity index (χ4v) is 6.67. The number of ether oxygens (including phenoxy) is 2. The molecule has 5 rings (SSSR count). The van der Waals surface area contributed by atoms with E-state index in [1.54, 1.807) is 24.9 Å². The molecule has 1 aromatic carbocycles. The molecule has 0 N–H and O–H groups in total. The molecule has 7 nitrogen and oxygen atoms in total. The zero-order valence-corrected chi connectivity index (χ0v) is 15.4. The van der Waals surface area contributed by atoms with E-state index in [9.17, 15) is 14.9 Å². The molecular weight excluding hydrogens is 354 g/mol. The molecule has 0 radical (unpaired) electrons. The van der Waals surface area contributed by atoms with Crippen LogP contribution >= 0.6 is 11.8 Å². The van der Waals surface area contributed by atoms with E-state index >= 15 is 0 Å². The number of nitrogens with zero attached hydrogens (tertiary/aromatic N) is 3. The summed E-state index contributed by atoms with van der Waals surface area (Å²) in [5.41, 5.74) is -0.0887. The van der Waals surface area contributed by atoms with Gasteiger partial charge in [0.1, 0.15) is 0 Å². The average molecular weight is 371 g/mol. The Morgan fingerprint density at radius 3 is 2.69 bits per heavy atom. The van der Waals surface area contributed by atoms with Crippen molar-refractivity contribution in [2.24, 2.45) is 5.41 Å². The second-order valence-electron chi connectivity index (χ2n) is 7.63. The predicted octanol–water partition coefficient (Wildman–Crippen LogP) is 1.85. The summed E-state index contributed by atoms with van der Waals surface area (Å²) < 4.78 is 10.8. The number of carbonyl (C=O) groups excluding carboxylic acids is 2. The maximum Gasteiger partial charge on any atom is 0.261 e. The molecule has 0 aliphatic carbocycles. The first kappa shape index (κ1) is 15.8. The van der Waals surface area contributed by atoms with Crippen molar-refractivity contribution in [1.82, 2.24) is 9.80 Å². The van der Waals surface area contributed by atoms with Crippen LogP contribution in [0.3, 0.4) is 0 Å². The standard InChI is InChI=1S/C18H17N3O4S/c1-16(8-19)7-18-15(23)20(3)17(2,26-18)14(22)21(18)13(16)10-4-5-11-12(6-10)25-9-24-11/h4-6,13H,7,9H2,1-3H3/t13?,16-,17+,18+/m1/s1. The SMILES string of the molecule is CN1C(=O)[C@@]23C[C@](C)(C#N)C(c4ccc5c(c4)OCO5)N2C(=O)[C@]1(C)S3. The summed E-state index contributed by atoms with van der Waals surface area (Å²) >= 11 is 1.36. The quantitative estimate of drug-likeness (QED) is 0.749. The topological polar surface area (TPSA) is 82.9 Å². The molecule has 4 heterocycles. The zero-order valence-electron chi connectivity index (χ0n) is 14.6. The Hall–Kier alpha value is -2.40. The Morgan fingerprint density at radius 2 is 1.96 bits per heavy atom. The maximum atomic E-state index is 13.3. The molecular formula is C18H17N3O4S. The Bertz CT molecular complexity index is 930. The number of hydrogen-bond acceptors (Lipinski definition) is 6. The van der Waals surface area contributed by atoms with Gasteiger partial charge in [-0.3, -0.25) is 9.59 Å². The van der Waals surface area contributed by atoms with Gasteiger partial charge < -0.3 is 19.3 Å². The summed E-state index contributed by atoms with van der Waals surface area (Å²) in [5.74, 6) is 1.02. The Morgan fingerprint density at radius 1 is 1.23 bits per heavy atom. The van der Waals surface area contributed by atoms with Gasteiger partial charge in [-0.05, 0) is 31.5 Å². The van der Waals surface area contributed by atoms with E-state index in [-0.39, 0.29) is 18.6 Å². The third-order valence-electron chi connectivity index (χ3n) is 6.09. The van der Waals surface area contributed by atoms with Crippen LogP contribution in [0.5, 0.6) is 11.5 Å². The van der Waals surface area contributed by atoms with Gasteiger partial charge in [0.2, 0.25) is 6.79 Å². The van der Waals surface area contributed by atoms with Crippen LogP contribution < -0.4 is 9.47 Å². The minimum atomic E-state index is -1.01. The Balaban J connectivity index is 1.69. The van der Waals surface area contributed by atoms with E-state index in [0.717, 1.165) is 5.56 Å². The molecule has 3 saturated heterocycles. The van der Waals surface area contributed by atoms with Gasteiger partial charge in [0.05, 0.1) is 17.5 Å². The van der Waals surface area contributed by atoms with Crippen molar-refractivity contribution in [1.29, 1.82) is 5.26 Å². The lowest BCUT2D eigenvalue weighted by Gasteiger charge is -2.40. The van der Waals surface area contributed by atoms with Gasteiger partial charge in [-0.1, -0.05) is 17.8 Å². The monoisotopic (exact) mass is 371 g/mol. The highest BCUT2D eigenvalue weighted by molar-refractivity contribution is 8.04. The van der Waals surface area contributed by atoms with Gasteiger partial charge in [0.15, 0.2) is 21.2 Å². The largest absolute Gasteiger partial charge is 0.454 e. The molecule has 4 atom stereocenters. The molecule has 1 unspecified atom stereocenters. The third kappa shape index (κ3) is 1.52. The summed E-state index contributed by atoms with van der Waals surface area (Å²) in [6.45, 7) is 3.76. The van der Waals surface area contributed by atoms with Gasteiger partial charge in [-0.2, -0.15) is 5.26 Å². The highest BCUT2D eigenvalue weighted by Crippen LogP contribution is 2.69. The molecule has 2 amide bonds. The van der Waals surface area contributed by atoms with Crippen LogP contribution in [0.4, 0.5) is 0 Å². The van der Waals surface area contributed by atoms with Gasteiger partial charge in [0.25, 0.3) is 11.8 Å². The van der Waals surface area contributed by atoms with E-state index in [1.165, 1.54) is 16.7 Å². The first-order valence-electron chi connectivity index (χ1n) is 8.40. The number of thioether (sulfide) groups is 1. The lowest BCUT2D eigenvalue weighted by atomic mass is 9.79. The predicted molar refractivity (Wildman–Crippen MR) is 92.0 cm³/mol. The number of carbonyl (C=O) groups is 2. The average Bonchev–Trinajstić information content (AvgIpc) is 3.28. The second-order valence-corrected chi connectivity index (χ2v) is 9.30. The van der Waals surface area contributed by atoms with Gasteiger partial charge in [0, 0.05) is 13.5 Å². The first-order chi connectivity index (χ1) is 12.3. The number of amides is 2. The van der Waals surface area contributed by atoms with Crippen LogP contribution in [-0.2, 0) is 9.59 Å². The number of piperazine rings is 1. The highest BCUT2D eigenvalue weighted by atomic mass is 32.2. The number of benzene rings is 1. The molecule has 1 spiro atoms. The summed E-state index contributed by atoms with van der Waals surface area (Å²) in [7, 11) is 1.66. The molecule has 4 aliphatic rings. The van der Waals surface area contributed by atoms with Crippen molar-refractivity contribution in [3.05, 3.63) is 23.8 Å². The number of fused-ring (bicyclic) bond motifs is 2. The van der Waals surface area contributed by atoms with Gasteiger partial charge >= 0.3 is 0 Å². The molecule has 3 fully saturated rings. The van der Waals surface area contributed by atoms with Crippen molar-refractivity contribution in [2.75, 3.05) is 13.8 Å². The van der Waals surface area contributed by atoms with Crippen molar-refractivity contribution in [3.63, 3.8) is 0 Å². The van der Waals surface area contributed by atoms with Gasteiger partial charge in [-0.15, -0.1) is 0 Å². The van der Waals surface area contributed by atoms with Gasteiger partial charge in [-0.25, -0.2) is 0 Å². The summed E-state index contributed by atoms with van der Waals surface area (Å²) in [5, 5.41) is 9.95. The number of nitriles is 1. The fraction of sp³-hybridized carbons (Fsp3) is 0.500. The fourth-order valence-electron chi connectivity index (χ4n) is 4.73. The molecule has 0 saturated carbocycles. The third-order valence-corrected chi connectivity index (χ3v) is 7.79. The molecule has 26 heavy (non-hydrogen) atoms. The number of likely N-dealkylation sites (N-methyl/N-ethyl adjacent to an activating group) is 1. The lowest BCUT2D eigenvalue weighted by molar-refractivity contribution is -0.159. The molecule has 2 bridgehead atoms. The van der Waals surface area contributed by atoms with E-state index in [1.807, 2.05) is 19.1 Å². The first-order valence-corrected chi connectivity index (χ1v) is 9.21. The summed E-state index contributed by atoms with van der Waals surface area (Å²) in [6.07, 6.45) is 0.310. The van der Waals surface area contributed by atoms with Crippen molar-refractivity contribution >= 4 is 23.6 Å². The highest BCUT2D eigenvalue weighted by Gasteiger charge is 2.78. The Kier molecular flexibility index (Phi) is 2.72. The van der Waals surface area contributed by atoms with Crippen LogP contribution in [0.15, 0.2) is 18.2 Å². The second kappa shape index (κ2) is 4.46. The molecule has 134 valence electrons. The maximum absolute atomic E-state index is 13.3. The van der Waals surface area contributed by atoms with E-state index in [2.05, 4.69) is 6.07 Å². The van der Waals surface area contributed by atoms with Crippen molar-refractivity contribution in [3.8, 4) is 17.6 Å². The number of hydrogen-bond donors (Lipinski definition) is 0. The smallest absolute Gasteiger partial charge is 0.261 e.